The number of benzene rings is 1. The molecule has 0 saturated carbocycles. The smallest absolute Gasteiger partial charge is 0.193 e. The van der Waals surface area contributed by atoms with E-state index in [-0.39, 0.29) is 24.0 Å². The molecule has 0 saturated heterocycles. The summed E-state index contributed by atoms with van der Waals surface area (Å²) < 4.78 is 11.3. The maximum absolute atomic E-state index is 5.91. The number of ether oxygens (including phenoxy) is 2. The van der Waals surface area contributed by atoms with Crippen LogP contribution in [0.4, 0.5) is 5.69 Å². The van der Waals surface area contributed by atoms with Crippen molar-refractivity contribution >= 4 is 58.6 Å². The summed E-state index contributed by atoms with van der Waals surface area (Å²) >= 11 is 7.44. The van der Waals surface area contributed by atoms with E-state index in [1.54, 1.807) is 31.6 Å². The number of guanidine groups is 1. The molecule has 0 unspecified atom stereocenters. The highest BCUT2D eigenvalue weighted by Crippen LogP contribution is 2.28. The van der Waals surface area contributed by atoms with Crippen molar-refractivity contribution in [2.24, 2.45) is 10.7 Å². The Kier molecular flexibility index (Phi) is 8.49. The van der Waals surface area contributed by atoms with Crippen LogP contribution in [0, 0.1) is 0 Å². The molecule has 126 valence electrons. The zero-order chi connectivity index (χ0) is 15.9. The molecule has 2 aromatic rings. The molecule has 1 heterocycles. The number of anilines is 1. The molecule has 0 bridgehead atoms. The number of methoxy groups -OCH3 is 2. The summed E-state index contributed by atoms with van der Waals surface area (Å²) in [6, 6.07) is 9.31. The molecule has 0 atom stereocenters. The zero-order valence-electron chi connectivity index (χ0n) is 12.8. The summed E-state index contributed by atoms with van der Waals surface area (Å²) in [4.78, 5) is 5.49. The maximum atomic E-state index is 5.91. The fraction of sp³-hybridized carbons (Fsp3) is 0.267. The molecule has 0 amide bonds. The second-order valence-electron chi connectivity index (χ2n) is 4.41. The van der Waals surface area contributed by atoms with Crippen LogP contribution in [0.1, 0.15) is 4.88 Å². The molecule has 0 aliphatic heterocycles. The van der Waals surface area contributed by atoms with Gasteiger partial charge in [0.15, 0.2) is 5.96 Å². The molecule has 0 aliphatic rings. The minimum Gasteiger partial charge on any atom is -0.497 e. The Labute approximate surface area is 161 Å². The second-order valence-corrected chi connectivity index (χ2v) is 6.21. The van der Waals surface area contributed by atoms with Crippen LogP contribution in [0.15, 0.2) is 35.3 Å². The van der Waals surface area contributed by atoms with Gasteiger partial charge in [-0.15, -0.1) is 35.3 Å². The minimum atomic E-state index is 0. The van der Waals surface area contributed by atoms with E-state index >= 15 is 0 Å². The standard InChI is InChI=1S/C15H18ClN3O2S.HI/c1-20-10-3-5-13(21-2)12(9-10)19-15(17)18-8-7-11-4-6-14(16)22-11;/h3-6,9H,7-8H2,1-2H3,(H3,17,18,19);1H. The predicted molar refractivity (Wildman–Crippen MR) is 108 cm³/mol. The molecule has 1 aromatic heterocycles. The summed E-state index contributed by atoms with van der Waals surface area (Å²) in [5.41, 5.74) is 6.62. The van der Waals surface area contributed by atoms with Crippen molar-refractivity contribution in [2.75, 3.05) is 26.1 Å². The molecule has 8 heteroatoms. The summed E-state index contributed by atoms with van der Waals surface area (Å²) in [5, 5.41) is 3.03. The molecular weight excluding hydrogens is 449 g/mol. The second kappa shape index (κ2) is 9.84. The SMILES string of the molecule is COc1ccc(OC)c(NC(N)=NCCc2ccc(Cl)s2)c1.I. The van der Waals surface area contributed by atoms with Gasteiger partial charge < -0.3 is 20.5 Å². The van der Waals surface area contributed by atoms with Crippen LogP contribution in [0.25, 0.3) is 0 Å². The van der Waals surface area contributed by atoms with Gasteiger partial charge in [0.05, 0.1) is 24.2 Å². The van der Waals surface area contributed by atoms with Crippen molar-refractivity contribution in [1.29, 1.82) is 0 Å². The van der Waals surface area contributed by atoms with Crippen LogP contribution >= 0.6 is 46.9 Å². The monoisotopic (exact) mass is 467 g/mol. The lowest BCUT2D eigenvalue weighted by molar-refractivity contribution is 0.405. The van der Waals surface area contributed by atoms with Crippen molar-refractivity contribution in [3.8, 4) is 11.5 Å². The molecule has 5 nitrogen and oxygen atoms in total. The first kappa shape index (κ1) is 19.9. The number of aliphatic imine (C=N–C) groups is 1. The maximum Gasteiger partial charge on any atom is 0.193 e. The highest BCUT2D eigenvalue weighted by atomic mass is 127. The van der Waals surface area contributed by atoms with Crippen molar-refractivity contribution < 1.29 is 9.47 Å². The lowest BCUT2D eigenvalue weighted by Gasteiger charge is -2.12. The summed E-state index contributed by atoms with van der Waals surface area (Å²) in [6.45, 7) is 0.585. The van der Waals surface area contributed by atoms with E-state index in [1.165, 1.54) is 4.88 Å². The van der Waals surface area contributed by atoms with Crippen molar-refractivity contribution in [2.45, 2.75) is 6.42 Å². The van der Waals surface area contributed by atoms with Gasteiger partial charge in [0, 0.05) is 23.9 Å². The molecule has 1 aromatic carbocycles. The lowest BCUT2D eigenvalue weighted by Crippen LogP contribution is -2.23. The molecule has 3 N–H and O–H groups in total. The van der Waals surface area contributed by atoms with E-state index in [1.807, 2.05) is 24.3 Å². The molecule has 0 spiro atoms. The topological polar surface area (TPSA) is 68.9 Å². The highest BCUT2D eigenvalue weighted by Gasteiger charge is 2.06. The Balaban J connectivity index is 0.00000264. The summed E-state index contributed by atoms with van der Waals surface area (Å²) in [5.74, 6) is 1.71. The molecule has 2 rings (SSSR count). The summed E-state index contributed by atoms with van der Waals surface area (Å²) in [7, 11) is 3.20. The normalized spacial score (nSPS) is 10.8. The van der Waals surface area contributed by atoms with Gasteiger partial charge in [0.25, 0.3) is 0 Å². The Morgan fingerprint density at radius 2 is 2.04 bits per heavy atom. The predicted octanol–water partition coefficient (Wildman–Crippen LogP) is 4.01. The third kappa shape index (κ3) is 6.08. The molecular formula is C15H19ClIN3O2S. The number of hydrogen-bond acceptors (Lipinski definition) is 4. The number of hydrogen-bond donors (Lipinski definition) is 2. The van der Waals surface area contributed by atoms with E-state index < -0.39 is 0 Å². The van der Waals surface area contributed by atoms with Gasteiger partial charge in [-0.1, -0.05) is 11.6 Å². The van der Waals surface area contributed by atoms with Crippen LogP contribution in [0.2, 0.25) is 4.34 Å². The van der Waals surface area contributed by atoms with Gasteiger partial charge in [-0.05, 0) is 24.3 Å². The summed E-state index contributed by atoms with van der Waals surface area (Å²) in [6.07, 6.45) is 0.801. The first-order valence-electron chi connectivity index (χ1n) is 6.65. The Bertz CT molecular complexity index is 664. The number of rotatable bonds is 6. The van der Waals surface area contributed by atoms with Crippen molar-refractivity contribution in [3.05, 3.63) is 39.5 Å². The minimum absolute atomic E-state index is 0. The number of thiophene rings is 1. The van der Waals surface area contributed by atoms with Crippen LogP contribution in [0.5, 0.6) is 11.5 Å². The third-order valence-corrected chi connectivity index (χ3v) is 4.23. The van der Waals surface area contributed by atoms with Gasteiger partial charge in [0.1, 0.15) is 11.5 Å². The fourth-order valence-electron chi connectivity index (χ4n) is 1.86. The molecule has 0 radical (unpaired) electrons. The number of nitrogens with zero attached hydrogens (tertiary/aromatic N) is 1. The number of nitrogens with two attached hydrogens (primary N) is 1. The average Bonchev–Trinajstić information content (AvgIpc) is 2.92. The van der Waals surface area contributed by atoms with E-state index in [0.29, 0.717) is 29.7 Å². The Morgan fingerprint density at radius 3 is 2.65 bits per heavy atom. The third-order valence-electron chi connectivity index (χ3n) is 2.94. The van der Waals surface area contributed by atoms with Crippen LogP contribution in [-0.2, 0) is 6.42 Å². The fourth-order valence-corrected chi connectivity index (χ4v) is 2.94. The lowest BCUT2D eigenvalue weighted by atomic mass is 10.2. The van der Waals surface area contributed by atoms with E-state index in [9.17, 15) is 0 Å². The molecule has 0 aliphatic carbocycles. The van der Waals surface area contributed by atoms with Crippen LogP contribution in [-0.4, -0.2) is 26.7 Å². The van der Waals surface area contributed by atoms with E-state index in [2.05, 4.69) is 10.3 Å². The number of halogens is 2. The first-order valence-corrected chi connectivity index (χ1v) is 7.85. The van der Waals surface area contributed by atoms with Gasteiger partial charge in [-0.3, -0.25) is 4.99 Å². The Morgan fingerprint density at radius 1 is 1.26 bits per heavy atom. The average molecular weight is 468 g/mol. The molecule has 23 heavy (non-hydrogen) atoms. The van der Waals surface area contributed by atoms with Crippen LogP contribution < -0.4 is 20.5 Å². The highest BCUT2D eigenvalue weighted by molar-refractivity contribution is 14.0. The van der Waals surface area contributed by atoms with Gasteiger partial charge in [-0.25, -0.2) is 0 Å². The van der Waals surface area contributed by atoms with Gasteiger partial charge in [-0.2, -0.15) is 0 Å². The molecule has 0 fully saturated rings. The van der Waals surface area contributed by atoms with E-state index in [4.69, 9.17) is 26.8 Å². The van der Waals surface area contributed by atoms with Gasteiger partial charge in [0.2, 0.25) is 0 Å². The largest absolute Gasteiger partial charge is 0.497 e. The van der Waals surface area contributed by atoms with Crippen molar-refractivity contribution in [3.63, 3.8) is 0 Å². The number of nitrogens with one attached hydrogen (secondary N) is 1. The Hall–Kier alpha value is -1.19. The van der Waals surface area contributed by atoms with Gasteiger partial charge >= 0.3 is 0 Å². The van der Waals surface area contributed by atoms with Crippen LogP contribution in [0.3, 0.4) is 0 Å². The first-order chi connectivity index (χ1) is 10.6. The zero-order valence-corrected chi connectivity index (χ0v) is 16.7. The quantitative estimate of drug-likeness (QED) is 0.383. The van der Waals surface area contributed by atoms with E-state index in [0.717, 1.165) is 10.8 Å². The van der Waals surface area contributed by atoms with Crippen molar-refractivity contribution in [1.82, 2.24) is 0 Å².